The van der Waals surface area contributed by atoms with Crippen molar-refractivity contribution in [3.63, 3.8) is 0 Å². The highest BCUT2D eigenvalue weighted by Crippen LogP contribution is 2.29. The summed E-state index contributed by atoms with van der Waals surface area (Å²) < 4.78 is 10.6. The number of hydrogen-bond donors (Lipinski definition) is 1. The normalized spacial score (nSPS) is 10.5. The second-order valence-electron chi connectivity index (χ2n) is 3.13. The molecule has 92 valence electrons. The van der Waals surface area contributed by atoms with E-state index in [0.29, 0.717) is 17.4 Å². The van der Waals surface area contributed by atoms with E-state index in [9.17, 15) is 4.79 Å². The fourth-order valence-electron chi connectivity index (χ4n) is 1.20. The van der Waals surface area contributed by atoms with Gasteiger partial charge in [0.1, 0.15) is 5.94 Å². The molecule has 0 unspecified atom stereocenters. The number of benzene rings is 1. The van der Waals surface area contributed by atoms with E-state index in [1.54, 1.807) is 37.1 Å². The van der Waals surface area contributed by atoms with Crippen LogP contribution in [0.4, 0.5) is 0 Å². The molecule has 0 aliphatic rings. The monoisotopic (exact) mass is 254 g/mol. The van der Waals surface area contributed by atoms with Gasteiger partial charge >= 0.3 is 5.97 Å². The van der Waals surface area contributed by atoms with Crippen LogP contribution in [-0.4, -0.2) is 30.4 Å². The Balaban J connectivity index is 2.87. The van der Waals surface area contributed by atoms with Gasteiger partial charge in [0.15, 0.2) is 11.5 Å². The van der Waals surface area contributed by atoms with Crippen LogP contribution in [-0.2, 0) is 4.79 Å². The summed E-state index contributed by atoms with van der Waals surface area (Å²) in [5, 5.41) is 8.53. The third-order valence-electron chi connectivity index (χ3n) is 1.94. The summed E-state index contributed by atoms with van der Waals surface area (Å²) in [5.74, 6) is 0.799. The largest absolute Gasteiger partial charge is 0.493 e. The van der Waals surface area contributed by atoms with E-state index < -0.39 is 5.97 Å². The predicted molar refractivity (Wildman–Crippen MR) is 68.7 cm³/mol. The molecule has 0 bridgehead atoms. The number of carboxylic acid groups (broad SMARTS) is 1. The highest BCUT2D eigenvalue weighted by atomic mass is 32.2. The zero-order valence-corrected chi connectivity index (χ0v) is 10.5. The summed E-state index contributed by atoms with van der Waals surface area (Å²) in [6.07, 6.45) is 4.52. The van der Waals surface area contributed by atoms with Crippen molar-refractivity contribution in [1.29, 1.82) is 0 Å². The molecule has 4 nitrogen and oxygen atoms in total. The molecular weight excluding hydrogens is 240 g/mol. The topological polar surface area (TPSA) is 55.8 Å². The van der Waals surface area contributed by atoms with Gasteiger partial charge in [0.25, 0.3) is 0 Å². The molecule has 0 atom stereocenters. The molecule has 0 heterocycles. The van der Waals surface area contributed by atoms with Gasteiger partial charge in [-0.05, 0) is 30.0 Å². The number of thioether (sulfide) groups is 1. The first-order valence-corrected chi connectivity index (χ1v) is 6.27. The Morgan fingerprint density at radius 1 is 1.47 bits per heavy atom. The standard InChI is InChI=1S/C12H14O4S/c1-15-11-7-9(4-6-12(13)14)3-5-10(11)16-8-17-2/h3-7H,8H2,1-2H3,(H,13,14). The van der Waals surface area contributed by atoms with E-state index >= 15 is 0 Å². The molecule has 0 spiro atoms. The molecule has 0 aromatic heterocycles. The fourth-order valence-corrected chi connectivity index (χ4v) is 1.44. The molecule has 1 aromatic carbocycles. The highest BCUT2D eigenvalue weighted by Gasteiger charge is 2.04. The number of aliphatic carboxylic acids is 1. The van der Waals surface area contributed by atoms with Crippen LogP contribution in [0, 0.1) is 0 Å². The van der Waals surface area contributed by atoms with Gasteiger partial charge in [-0.1, -0.05) is 6.07 Å². The van der Waals surface area contributed by atoms with E-state index in [0.717, 1.165) is 11.6 Å². The second kappa shape index (κ2) is 6.85. The third-order valence-corrected chi connectivity index (χ3v) is 2.29. The average molecular weight is 254 g/mol. The van der Waals surface area contributed by atoms with Gasteiger partial charge in [0.05, 0.1) is 7.11 Å². The molecule has 0 aliphatic heterocycles. The van der Waals surface area contributed by atoms with Crippen molar-refractivity contribution in [3.8, 4) is 11.5 Å². The maximum atomic E-state index is 10.4. The lowest BCUT2D eigenvalue weighted by molar-refractivity contribution is -0.131. The third kappa shape index (κ3) is 4.40. The Labute approximate surface area is 104 Å². The van der Waals surface area contributed by atoms with E-state index in [1.807, 2.05) is 6.26 Å². The quantitative estimate of drug-likeness (QED) is 0.624. The Morgan fingerprint density at radius 3 is 2.82 bits per heavy atom. The predicted octanol–water partition coefficient (Wildman–Crippen LogP) is 2.49. The van der Waals surface area contributed by atoms with E-state index in [2.05, 4.69) is 0 Å². The maximum Gasteiger partial charge on any atom is 0.328 e. The molecule has 1 rings (SSSR count). The van der Waals surface area contributed by atoms with Crippen molar-refractivity contribution in [1.82, 2.24) is 0 Å². The zero-order chi connectivity index (χ0) is 12.7. The summed E-state index contributed by atoms with van der Waals surface area (Å²) in [5.41, 5.74) is 0.751. The first-order valence-electron chi connectivity index (χ1n) is 4.88. The maximum absolute atomic E-state index is 10.4. The van der Waals surface area contributed by atoms with E-state index in [-0.39, 0.29) is 0 Å². The summed E-state index contributed by atoms with van der Waals surface area (Å²) in [4.78, 5) is 10.4. The number of rotatable bonds is 6. The second-order valence-corrected chi connectivity index (χ2v) is 3.95. The van der Waals surface area contributed by atoms with E-state index in [1.165, 1.54) is 6.08 Å². The molecule has 1 N–H and O–H groups in total. The van der Waals surface area contributed by atoms with Crippen LogP contribution in [0.15, 0.2) is 24.3 Å². The minimum Gasteiger partial charge on any atom is -0.493 e. The number of ether oxygens (including phenoxy) is 2. The molecule has 0 aliphatic carbocycles. The number of carbonyl (C=O) groups is 1. The first-order chi connectivity index (χ1) is 8.17. The Morgan fingerprint density at radius 2 is 2.24 bits per heavy atom. The van der Waals surface area contributed by atoms with Gasteiger partial charge in [-0.25, -0.2) is 4.79 Å². The Kier molecular flexibility index (Phi) is 5.42. The van der Waals surface area contributed by atoms with Crippen LogP contribution >= 0.6 is 11.8 Å². The average Bonchev–Trinajstić information content (AvgIpc) is 2.34. The highest BCUT2D eigenvalue weighted by molar-refractivity contribution is 7.98. The first kappa shape index (κ1) is 13.4. The van der Waals surface area contributed by atoms with Crippen molar-refractivity contribution in [2.45, 2.75) is 0 Å². The molecule has 0 fully saturated rings. The van der Waals surface area contributed by atoms with E-state index in [4.69, 9.17) is 14.6 Å². The number of methoxy groups -OCH3 is 1. The lowest BCUT2D eigenvalue weighted by atomic mass is 10.2. The summed E-state index contributed by atoms with van der Waals surface area (Å²) in [6.45, 7) is 0. The molecule has 0 saturated heterocycles. The van der Waals surface area contributed by atoms with Crippen LogP contribution in [0.1, 0.15) is 5.56 Å². The summed E-state index contributed by atoms with van der Waals surface area (Å²) in [6, 6.07) is 5.27. The van der Waals surface area contributed by atoms with Crippen LogP contribution in [0.25, 0.3) is 6.08 Å². The Bertz CT molecular complexity index is 415. The van der Waals surface area contributed by atoms with Gasteiger partial charge in [0, 0.05) is 6.08 Å². The molecule has 5 heteroatoms. The van der Waals surface area contributed by atoms with Gasteiger partial charge in [-0.2, -0.15) is 0 Å². The van der Waals surface area contributed by atoms with Crippen LogP contribution in [0.5, 0.6) is 11.5 Å². The van der Waals surface area contributed by atoms with Gasteiger partial charge in [-0.3, -0.25) is 0 Å². The lowest BCUT2D eigenvalue weighted by Gasteiger charge is -2.10. The van der Waals surface area contributed by atoms with Crippen LogP contribution in [0.3, 0.4) is 0 Å². The van der Waals surface area contributed by atoms with Gasteiger partial charge in [0.2, 0.25) is 0 Å². The van der Waals surface area contributed by atoms with Gasteiger partial charge < -0.3 is 14.6 Å². The minimum atomic E-state index is -0.980. The lowest BCUT2D eigenvalue weighted by Crippen LogP contribution is -1.95. The smallest absolute Gasteiger partial charge is 0.328 e. The number of carboxylic acids is 1. The van der Waals surface area contributed by atoms with Crippen molar-refractivity contribution in [2.24, 2.45) is 0 Å². The molecule has 0 amide bonds. The number of hydrogen-bond acceptors (Lipinski definition) is 4. The SMILES string of the molecule is COc1cc(C=CC(=O)O)ccc1OCSC. The molecule has 0 radical (unpaired) electrons. The van der Waals surface area contributed by atoms with Crippen molar-refractivity contribution >= 4 is 23.8 Å². The van der Waals surface area contributed by atoms with Gasteiger partial charge in [-0.15, -0.1) is 11.8 Å². The Hall–Kier alpha value is -1.62. The fraction of sp³-hybridized carbons (Fsp3) is 0.250. The molecular formula is C12H14O4S. The summed E-state index contributed by atoms with van der Waals surface area (Å²) in [7, 11) is 1.55. The molecule has 1 aromatic rings. The van der Waals surface area contributed by atoms with Crippen LogP contribution in [0.2, 0.25) is 0 Å². The molecule has 0 saturated carbocycles. The van der Waals surface area contributed by atoms with Crippen molar-refractivity contribution in [2.75, 3.05) is 19.3 Å². The van der Waals surface area contributed by atoms with Crippen molar-refractivity contribution < 1.29 is 19.4 Å². The summed E-state index contributed by atoms with van der Waals surface area (Å²) >= 11 is 1.56. The minimum absolute atomic E-state index is 0.542. The van der Waals surface area contributed by atoms with Crippen LogP contribution < -0.4 is 9.47 Å². The van der Waals surface area contributed by atoms with Crippen molar-refractivity contribution in [3.05, 3.63) is 29.8 Å². The molecule has 17 heavy (non-hydrogen) atoms. The zero-order valence-electron chi connectivity index (χ0n) is 9.67.